The highest BCUT2D eigenvalue weighted by Crippen LogP contribution is 2.68. The number of allylic oxidation sites excluding steroid dienone is 1. The van der Waals surface area contributed by atoms with Crippen molar-refractivity contribution >= 4 is 5.78 Å². The molecule has 0 heterocycles. The van der Waals surface area contributed by atoms with Gasteiger partial charge in [0.05, 0.1) is 6.10 Å². The first kappa shape index (κ1) is 17.7. The van der Waals surface area contributed by atoms with E-state index in [1.807, 2.05) is 0 Å². The largest absolute Gasteiger partial charge is 0.393 e. The van der Waals surface area contributed by atoms with Crippen molar-refractivity contribution in [3.8, 4) is 0 Å². The van der Waals surface area contributed by atoms with Crippen LogP contribution in [0.4, 0.5) is 0 Å². The van der Waals surface area contributed by atoms with Gasteiger partial charge in [-0.1, -0.05) is 32.4 Å². The van der Waals surface area contributed by atoms with Gasteiger partial charge >= 0.3 is 0 Å². The van der Waals surface area contributed by atoms with Crippen molar-refractivity contribution in [1.82, 2.24) is 0 Å². The van der Waals surface area contributed by atoms with Crippen molar-refractivity contribution in [3.63, 3.8) is 0 Å². The van der Waals surface area contributed by atoms with Gasteiger partial charge in [-0.2, -0.15) is 0 Å². The van der Waals surface area contributed by atoms with Crippen LogP contribution < -0.4 is 0 Å². The molecule has 0 aromatic rings. The van der Waals surface area contributed by atoms with Gasteiger partial charge in [-0.25, -0.2) is 0 Å². The lowest BCUT2D eigenvalue weighted by atomic mass is 9.46. The number of hydrogen-bond acceptors (Lipinski definition) is 3. The van der Waals surface area contributed by atoms with E-state index in [1.165, 1.54) is 5.57 Å². The summed E-state index contributed by atoms with van der Waals surface area (Å²) in [4.78, 5) is 12.4. The summed E-state index contributed by atoms with van der Waals surface area (Å²) in [5, 5.41) is 21.5. The molecular weight excluding hydrogens is 312 g/mol. The average molecular weight is 347 g/mol. The van der Waals surface area contributed by atoms with Crippen molar-refractivity contribution in [2.75, 3.05) is 0 Å². The van der Waals surface area contributed by atoms with Crippen molar-refractivity contribution in [2.45, 2.75) is 84.3 Å². The predicted octanol–water partition coefficient (Wildman–Crippen LogP) is 3.88. The van der Waals surface area contributed by atoms with Crippen LogP contribution in [0.15, 0.2) is 11.6 Å². The molecule has 0 amide bonds. The zero-order chi connectivity index (χ0) is 18.2. The average Bonchev–Trinajstić information content (AvgIpc) is 2.77. The predicted molar refractivity (Wildman–Crippen MR) is 97.9 cm³/mol. The van der Waals surface area contributed by atoms with Gasteiger partial charge in [-0.05, 0) is 81.0 Å². The van der Waals surface area contributed by atoms with Crippen LogP contribution in [-0.4, -0.2) is 27.7 Å². The molecule has 8 atom stereocenters. The zero-order valence-electron chi connectivity index (χ0n) is 16.2. The smallest absolute Gasteiger partial charge is 0.162 e. The summed E-state index contributed by atoms with van der Waals surface area (Å²) in [6.07, 6.45) is 9.15. The van der Waals surface area contributed by atoms with Crippen LogP contribution in [0, 0.1) is 34.5 Å². The molecule has 0 saturated heterocycles. The first-order valence-corrected chi connectivity index (χ1v) is 10.3. The second-order valence-corrected chi connectivity index (χ2v) is 10.1. The molecule has 2 N–H and O–H groups in total. The molecule has 3 saturated carbocycles. The summed E-state index contributed by atoms with van der Waals surface area (Å²) >= 11 is 0. The Bertz CT molecular complexity index is 625. The summed E-state index contributed by atoms with van der Waals surface area (Å²) in [7, 11) is 0. The van der Waals surface area contributed by atoms with Gasteiger partial charge in [0.25, 0.3) is 0 Å². The van der Waals surface area contributed by atoms with Crippen molar-refractivity contribution in [3.05, 3.63) is 11.6 Å². The lowest BCUT2D eigenvalue weighted by molar-refractivity contribution is -0.165. The number of Topliss-reactive ketones (excluding diaryl/α,β-unsaturated/α-hetero) is 1. The number of carbonyl (C=O) groups excluding carboxylic acids is 1. The summed E-state index contributed by atoms with van der Waals surface area (Å²) in [6, 6.07) is 0. The zero-order valence-corrected chi connectivity index (χ0v) is 16.2. The molecule has 4 aliphatic carbocycles. The van der Waals surface area contributed by atoms with Crippen LogP contribution in [0.2, 0.25) is 0 Å². The molecule has 3 heteroatoms. The molecule has 4 aliphatic rings. The van der Waals surface area contributed by atoms with Crippen LogP contribution in [0.3, 0.4) is 0 Å². The van der Waals surface area contributed by atoms with Crippen LogP contribution in [-0.2, 0) is 4.79 Å². The molecule has 4 rings (SSSR count). The lowest BCUT2D eigenvalue weighted by Crippen LogP contribution is -2.58. The molecule has 0 aliphatic heterocycles. The second-order valence-electron chi connectivity index (χ2n) is 10.1. The minimum atomic E-state index is -1.16. The van der Waals surface area contributed by atoms with Gasteiger partial charge in [-0.3, -0.25) is 4.79 Å². The number of carbonyl (C=O) groups is 1. The summed E-state index contributed by atoms with van der Waals surface area (Å²) in [6.45, 7) is 8.26. The first-order chi connectivity index (χ1) is 11.6. The summed E-state index contributed by atoms with van der Waals surface area (Å²) in [5.74, 6) is 1.64. The Morgan fingerprint density at radius 3 is 2.60 bits per heavy atom. The Kier molecular flexibility index (Phi) is 3.84. The number of rotatable bonds is 1. The SMILES string of the molecule is CC(=O)[C@@]1(O)[C@H](C)C[C@@H]2[C@@H]3CC=C4C[C@H](O)CC[C@]4(C)[C@H]3CC[C@@]21C. The van der Waals surface area contributed by atoms with Gasteiger partial charge in [0, 0.05) is 5.41 Å². The highest BCUT2D eigenvalue weighted by molar-refractivity contribution is 5.86. The Labute approximate surface area is 151 Å². The molecule has 0 aromatic carbocycles. The molecule has 3 fully saturated rings. The van der Waals surface area contributed by atoms with Gasteiger partial charge < -0.3 is 10.2 Å². The van der Waals surface area contributed by atoms with Crippen LogP contribution in [0.25, 0.3) is 0 Å². The fourth-order valence-electron chi connectivity index (χ4n) is 7.73. The van der Waals surface area contributed by atoms with E-state index >= 15 is 0 Å². The van der Waals surface area contributed by atoms with E-state index in [4.69, 9.17) is 0 Å². The molecule has 3 nitrogen and oxygen atoms in total. The van der Waals surface area contributed by atoms with E-state index < -0.39 is 5.60 Å². The second kappa shape index (κ2) is 5.42. The maximum Gasteiger partial charge on any atom is 0.162 e. The van der Waals surface area contributed by atoms with E-state index in [0.717, 1.165) is 44.9 Å². The van der Waals surface area contributed by atoms with Crippen LogP contribution >= 0.6 is 0 Å². The number of hydrogen-bond donors (Lipinski definition) is 2. The van der Waals surface area contributed by atoms with Crippen molar-refractivity contribution in [2.24, 2.45) is 34.5 Å². The van der Waals surface area contributed by atoms with Gasteiger partial charge in [0.15, 0.2) is 5.78 Å². The molecule has 25 heavy (non-hydrogen) atoms. The highest BCUT2D eigenvalue weighted by Gasteiger charge is 2.67. The van der Waals surface area contributed by atoms with Crippen molar-refractivity contribution in [1.29, 1.82) is 0 Å². The van der Waals surface area contributed by atoms with Gasteiger partial charge in [0.1, 0.15) is 5.60 Å². The third-order valence-corrected chi connectivity index (χ3v) is 9.20. The molecule has 0 spiro atoms. The van der Waals surface area contributed by atoms with E-state index in [2.05, 4.69) is 26.8 Å². The summed E-state index contributed by atoms with van der Waals surface area (Å²) < 4.78 is 0. The number of aliphatic hydroxyl groups is 2. The molecule has 0 unspecified atom stereocenters. The fraction of sp³-hybridized carbons (Fsp3) is 0.864. The quantitative estimate of drug-likeness (QED) is 0.709. The Hall–Kier alpha value is -0.670. The first-order valence-electron chi connectivity index (χ1n) is 10.3. The van der Waals surface area contributed by atoms with Gasteiger partial charge in [-0.15, -0.1) is 0 Å². The lowest BCUT2D eigenvalue weighted by Gasteiger charge is -2.58. The number of aliphatic hydroxyl groups excluding tert-OH is 1. The Balaban J connectivity index is 1.72. The maximum absolute atomic E-state index is 12.4. The van der Waals surface area contributed by atoms with E-state index in [-0.39, 0.29) is 28.6 Å². The van der Waals surface area contributed by atoms with E-state index in [1.54, 1.807) is 6.92 Å². The highest BCUT2D eigenvalue weighted by atomic mass is 16.3. The molecule has 140 valence electrons. The summed E-state index contributed by atoms with van der Waals surface area (Å²) in [5.41, 5.74) is 0.249. The minimum absolute atomic E-state index is 0.0394. The third-order valence-electron chi connectivity index (χ3n) is 9.20. The fourth-order valence-corrected chi connectivity index (χ4v) is 7.73. The van der Waals surface area contributed by atoms with E-state index in [0.29, 0.717) is 17.8 Å². The molecule has 0 aromatic heterocycles. The van der Waals surface area contributed by atoms with Crippen LogP contribution in [0.5, 0.6) is 0 Å². The van der Waals surface area contributed by atoms with Crippen LogP contribution in [0.1, 0.15) is 72.6 Å². The Morgan fingerprint density at radius 1 is 1.20 bits per heavy atom. The minimum Gasteiger partial charge on any atom is -0.393 e. The maximum atomic E-state index is 12.4. The number of ketones is 1. The number of fused-ring (bicyclic) bond motifs is 5. The van der Waals surface area contributed by atoms with Gasteiger partial charge in [0.2, 0.25) is 0 Å². The Morgan fingerprint density at radius 2 is 1.92 bits per heavy atom. The normalized spacial score (nSPS) is 55.0. The molecule has 0 radical (unpaired) electrons. The standard InChI is InChI=1S/C22H34O3/c1-13-11-19-17-6-5-15-12-16(24)7-9-20(15,3)18(17)8-10-21(19,4)22(13,25)14(2)23/h5,13,16-19,24-25H,6-12H2,1-4H3/t13-,16-,17-,18+,19-,20+,21+,22+/m1/s1. The van der Waals surface area contributed by atoms with Crippen molar-refractivity contribution < 1.29 is 15.0 Å². The molecular formula is C22H34O3. The monoisotopic (exact) mass is 346 g/mol. The van der Waals surface area contributed by atoms with E-state index in [9.17, 15) is 15.0 Å². The topological polar surface area (TPSA) is 57.5 Å². The third kappa shape index (κ3) is 2.09. The molecule has 0 bridgehead atoms.